The largest absolute Gasteiger partial charge is 0.301 e. The van der Waals surface area contributed by atoms with E-state index in [1.165, 1.54) is 35.2 Å². The molecule has 31 heavy (non-hydrogen) atoms. The first-order chi connectivity index (χ1) is 14.9. The van der Waals surface area contributed by atoms with Crippen LogP contribution in [-0.4, -0.2) is 31.2 Å². The van der Waals surface area contributed by atoms with Crippen molar-refractivity contribution in [1.29, 1.82) is 0 Å². The minimum Gasteiger partial charge on any atom is -0.301 e. The summed E-state index contributed by atoms with van der Waals surface area (Å²) >= 11 is 2.72. The summed E-state index contributed by atoms with van der Waals surface area (Å²) in [5.74, 6) is -0.0161. The molecule has 2 heterocycles. The number of hydrogen-bond donors (Lipinski definition) is 2. The number of benzene rings is 2. The molecule has 2 N–H and O–H groups in total. The third-order valence-corrected chi connectivity index (χ3v) is 6.40. The number of aryl methyl sites for hydroxylation is 1. The lowest BCUT2D eigenvalue weighted by Crippen LogP contribution is -2.16. The second kappa shape index (κ2) is 8.74. The molecular formula is C20H18N6O3S2. The summed E-state index contributed by atoms with van der Waals surface area (Å²) in [7, 11) is 0. The Morgan fingerprint density at radius 2 is 1.90 bits per heavy atom. The number of carbonyl (C=O) groups excluding carboxylic acids is 1. The molecule has 0 aliphatic heterocycles. The minimum absolute atomic E-state index is 0.0187. The molecule has 0 aliphatic rings. The number of thiazole rings is 1. The Hall–Kier alpha value is -3.44. The van der Waals surface area contributed by atoms with Crippen LogP contribution >= 0.6 is 23.1 Å². The molecule has 9 nitrogen and oxygen atoms in total. The molecule has 0 fully saturated rings. The number of anilines is 2. The Labute approximate surface area is 185 Å². The number of aromatic nitrogens is 3. The van der Waals surface area contributed by atoms with Crippen molar-refractivity contribution in [3.05, 3.63) is 70.0 Å². The highest BCUT2D eigenvalue weighted by Crippen LogP contribution is 2.26. The molecule has 4 aromatic rings. The van der Waals surface area contributed by atoms with E-state index in [9.17, 15) is 14.9 Å². The number of thioether (sulfide) groups is 1. The first-order valence-corrected chi connectivity index (χ1v) is 11.1. The number of nitro benzene ring substituents is 1. The molecule has 0 unspecified atom stereocenters. The van der Waals surface area contributed by atoms with Gasteiger partial charge in [0.25, 0.3) is 5.69 Å². The fourth-order valence-corrected chi connectivity index (χ4v) is 4.53. The maximum Gasteiger partial charge on any atom is 0.269 e. The zero-order valence-electron chi connectivity index (χ0n) is 16.7. The SMILES string of the molecule is Cc1nc(SCC(=O)Nc2nc3ccccc3s2)n(Nc2ccc([N+](=O)[O-])cc2)c1C. The molecule has 0 spiro atoms. The van der Waals surface area contributed by atoms with Crippen molar-refractivity contribution in [3.8, 4) is 0 Å². The van der Waals surface area contributed by atoms with Crippen LogP contribution in [0, 0.1) is 24.0 Å². The number of imidazole rings is 1. The second-order valence-corrected chi connectivity index (χ2v) is 8.61. The summed E-state index contributed by atoms with van der Waals surface area (Å²) in [6, 6.07) is 13.8. The first-order valence-electron chi connectivity index (χ1n) is 9.26. The van der Waals surface area contributed by atoms with E-state index >= 15 is 0 Å². The molecule has 11 heteroatoms. The summed E-state index contributed by atoms with van der Waals surface area (Å²) < 4.78 is 2.78. The molecule has 2 aromatic carbocycles. The Kier molecular flexibility index (Phi) is 5.87. The highest BCUT2D eigenvalue weighted by Gasteiger charge is 2.15. The average molecular weight is 455 g/mol. The fourth-order valence-electron chi connectivity index (χ4n) is 2.81. The molecular weight excluding hydrogens is 436 g/mol. The van der Waals surface area contributed by atoms with E-state index < -0.39 is 4.92 Å². The van der Waals surface area contributed by atoms with Crippen molar-refractivity contribution >= 4 is 55.7 Å². The van der Waals surface area contributed by atoms with Gasteiger partial charge in [0.1, 0.15) is 0 Å². The van der Waals surface area contributed by atoms with Gasteiger partial charge in [-0.05, 0) is 38.1 Å². The second-order valence-electron chi connectivity index (χ2n) is 6.64. The number of rotatable bonds is 7. The monoisotopic (exact) mass is 454 g/mol. The van der Waals surface area contributed by atoms with E-state index in [0.717, 1.165) is 21.6 Å². The summed E-state index contributed by atoms with van der Waals surface area (Å²) in [5.41, 5.74) is 6.44. The van der Waals surface area contributed by atoms with Gasteiger partial charge < -0.3 is 5.32 Å². The molecule has 0 atom stereocenters. The molecule has 2 aromatic heterocycles. The number of hydrogen-bond acceptors (Lipinski definition) is 8. The van der Waals surface area contributed by atoms with Crippen molar-refractivity contribution < 1.29 is 9.72 Å². The molecule has 0 bridgehead atoms. The normalized spacial score (nSPS) is 10.9. The van der Waals surface area contributed by atoms with Crippen molar-refractivity contribution in [2.24, 2.45) is 0 Å². The van der Waals surface area contributed by atoms with Crippen LogP contribution in [0.25, 0.3) is 10.2 Å². The first kappa shape index (κ1) is 20.8. The summed E-state index contributed by atoms with van der Waals surface area (Å²) in [4.78, 5) is 31.8. The maximum absolute atomic E-state index is 12.4. The van der Waals surface area contributed by atoms with Crippen molar-refractivity contribution in [3.63, 3.8) is 0 Å². The summed E-state index contributed by atoms with van der Waals surface area (Å²) in [6.45, 7) is 3.79. The van der Waals surface area contributed by atoms with Gasteiger partial charge in [-0.3, -0.25) is 20.3 Å². The van der Waals surface area contributed by atoms with Gasteiger partial charge in [0, 0.05) is 12.1 Å². The molecule has 0 aliphatic carbocycles. The Morgan fingerprint density at radius 1 is 1.16 bits per heavy atom. The predicted molar refractivity (Wildman–Crippen MR) is 123 cm³/mol. The van der Waals surface area contributed by atoms with Crippen LogP contribution in [0.3, 0.4) is 0 Å². The fraction of sp³-hybridized carbons (Fsp3) is 0.150. The van der Waals surface area contributed by atoms with E-state index in [-0.39, 0.29) is 17.3 Å². The Balaban J connectivity index is 1.44. The van der Waals surface area contributed by atoms with Crippen LogP contribution < -0.4 is 10.7 Å². The van der Waals surface area contributed by atoms with Gasteiger partial charge in [-0.15, -0.1) is 0 Å². The topological polar surface area (TPSA) is 115 Å². The lowest BCUT2D eigenvalue weighted by molar-refractivity contribution is -0.384. The van der Waals surface area contributed by atoms with Gasteiger partial charge in [-0.1, -0.05) is 35.2 Å². The smallest absolute Gasteiger partial charge is 0.269 e. The standard InChI is InChI=1S/C20H18N6O3S2/c1-12-13(2)25(24-14-7-9-15(10-8-14)26(28)29)20(21-12)30-11-18(27)23-19-22-16-5-3-4-6-17(16)31-19/h3-10,24H,11H2,1-2H3,(H,22,23,27). The number of carbonyl (C=O) groups is 1. The van der Waals surface area contributed by atoms with Crippen LogP contribution in [0.5, 0.6) is 0 Å². The number of amides is 1. The summed E-state index contributed by atoms with van der Waals surface area (Å²) in [5, 5.41) is 14.9. The molecule has 0 saturated carbocycles. The van der Waals surface area contributed by atoms with Crippen LogP contribution in [0.15, 0.2) is 53.7 Å². The van der Waals surface area contributed by atoms with Crippen molar-refractivity contribution in [1.82, 2.24) is 14.6 Å². The molecule has 1 amide bonds. The predicted octanol–water partition coefficient (Wildman–Crippen LogP) is 4.62. The van der Waals surface area contributed by atoms with Crippen LogP contribution in [-0.2, 0) is 4.79 Å². The molecule has 158 valence electrons. The Bertz CT molecular complexity index is 1230. The average Bonchev–Trinajstić information content (AvgIpc) is 3.27. The highest BCUT2D eigenvalue weighted by molar-refractivity contribution is 7.99. The maximum atomic E-state index is 12.4. The minimum atomic E-state index is -0.443. The van der Waals surface area contributed by atoms with Gasteiger partial charge in [0.05, 0.1) is 38.0 Å². The van der Waals surface area contributed by atoms with Crippen molar-refractivity contribution in [2.75, 3.05) is 16.5 Å². The number of non-ortho nitro benzene ring substituents is 1. The van der Waals surface area contributed by atoms with E-state index in [1.807, 2.05) is 38.1 Å². The van der Waals surface area contributed by atoms with E-state index in [4.69, 9.17) is 0 Å². The van der Waals surface area contributed by atoms with Crippen molar-refractivity contribution in [2.45, 2.75) is 19.0 Å². The number of nitrogens with zero attached hydrogens (tertiary/aromatic N) is 4. The van der Waals surface area contributed by atoms with Crippen LogP contribution in [0.1, 0.15) is 11.4 Å². The van der Waals surface area contributed by atoms with Gasteiger partial charge in [0.2, 0.25) is 5.91 Å². The molecule has 0 saturated heterocycles. The lowest BCUT2D eigenvalue weighted by Gasteiger charge is -2.12. The third-order valence-electron chi connectivity index (χ3n) is 4.51. The van der Waals surface area contributed by atoms with Gasteiger partial charge in [0.15, 0.2) is 10.3 Å². The highest BCUT2D eigenvalue weighted by atomic mass is 32.2. The summed E-state index contributed by atoms with van der Waals surface area (Å²) in [6.07, 6.45) is 0. The zero-order chi connectivity index (χ0) is 22.0. The van der Waals surface area contributed by atoms with E-state index in [2.05, 4.69) is 20.7 Å². The number of nitro groups is 1. The van der Waals surface area contributed by atoms with Crippen LogP contribution in [0.2, 0.25) is 0 Å². The number of fused-ring (bicyclic) bond motifs is 1. The zero-order valence-corrected chi connectivity index (χ0v) is 18.3. The molecule has 4 rings (SSSR count). The third kappa shape index (κ3) is 4.67. The Morgan fingerprint density at radius 3 is 2.61 bits per heavy atom. The van der Waals surface area contributed by atoms with Gasteiger partial charge in [-0.25, -0.2) is 14.6 Å². The van der Waals surface area contributed by atoms with Gasteiger partial charge >= 0.3 is 0 Å². The van der Waals surface area contributed by atoms with E-state index in [1.54, 1.807) is 16.8 Å². The molecule has 0 radical (unpaired) electrons. The lowest BCUT2D eigenvalue weighted by atomic mass is 10.3. The van der Waals surface area contributed by atoms with Gasteiger partial charge in [-0.2, -0.15) is 0 Å². The number of nitrogens with one attached hydrogen (secondary N) is 2. The van der Waals surface area contributed by atoms with Crippen LogP contribution in [0.4, 0.5) is 16.5 Å². The quantitative estimate of drug-likeness (QED) is 0.238. The van der Waals surface area contributed by atoms with E-state index in [0.29, 0.717) is 16.0 Å². The number of para-hydroxylation sites is 1.